The van der Waals surface area contributed by atoms with Crippen molar-refractivity contribution in [3.05, 3.63) is 88.4 Å². The van der Waals surface area contributed by atoms with Crippen molar-refractivity contribution in [2.75, 3.05) is 7.05 Å². The number of pyridine rings is 1. The van der Waals surface area contributed by atoms with Gasteiger partial charge in [-0.25, -0.2) is 4.98 Å². The van der Waals surface area contributed by atoms with Gasteiger partial charge in [0.05, 0.1) is 6.04 Å². The van der Waals surface area contributed by atoms with Crippen LogP contribution in [-0.4, -0.2) is 32.8 Å². The summed E-state index contributed by atoms with van der Waals surface area (Å²) >= 11 is 0. The van der Waals surface area contributed by atoms with Gasteiger partial charge >= 0.3 is 0 Å². The van der Waals surface area contributed by atoms with Gasteiger partial charge in [-0.05, 0) is 30.2 Å². The van der Waals surface area contributed by atoms with E-state index in [4.69, 9.17) is 4.74 Å². The summed E-state index contributed by atoms with van der Waals surface area (Å²) in [5.41, 5.74) is 0.422. The number of nitrogens with one attached hydrogen (secondary N) is 1. The van der Waals surface area contributed by atoms with Crippen molar-refractivity contribution in [3.8, 4) is 5.75 Å². The summed E-state index contributed by atoms with van der Waals surface area (Å²) in [6.07, 6.45) is 5.41. The number of carbonyl (C=O) groups is 1. The predicted octanol–water partition coefficient (Wildman–Crippen LogP) is 2.97. The van der Waals surface area contributed by atoms with E-state index in [1.54, 1.807) is 24.3 Å². The number of rotatable bonds is 7. The second kappa shape index (κ2) is 8.94. The zero-order chi connectivity index (χ0) is 19.9. The van der Waals surface area contributed by atoms with Crippen LogP contribution in [0.1, 0.15) is 41.1 Å². The normalized spacial score (nSPS) is 11.6. The van der Waals surface area contributed by atoms with Crippen LogP contribution in [0.15, 0.2) is 65.8 Å². The van der Waals surface area contributed by atoms with Gasteiger partial charge in [0, 0.05) is 25.6 Å². The second-order valence-corrected chi connectivity index (χ2v) is 6.30. The van der Waals surface area contributed by atoms with E-state index < -0.39 is 5.56 Å². The Morgan fingerprint density at radius 1 is 1.18 bits per heavy atom. The molecular formula is C21H22N4O3. The number of amides is 1. The summed E-state index contributed by atoms with van der Waals surface area (Å²) in [5, 5.41) is 0. The SMILES string of the molecule is CCC(c1cccnc1)N(C)C(=O)c1cnc(COc2ccccc2)[nH]c1=O. The Kier molecular flexibility index (Phi) is 6.16. The van der Waals surface area contributed by atoms with E-state index >= 15 is 0 Å². The molecule has 0 fully saturated rings. The number of benzene rings is 1. The number of aromatic amines is 1. The molecule has 0 aliphatic carbocycles. The average molecular weight is 378 g/mol. The maximum atomic E-state index is 12.8. The van der Waals surface area contributed by atoms with Crippen LogP contribution in [0.4, 0.5) is 0 Å². The number of carbonyl (C=O) groups excluding carboxylic acids is 1. The fraction of sp³-hybridized carbons (Fsp3) is 0.238. The van der Waals surface area contributed by atoms with Crippen molar-refractivity contribution in [2.24, 2.45) is 0 Å². The van der Waals surface area contributed by atoms with Gasteiger partial charge in [-0.2, -0.15) is 0 Å². The van der Waals surface area contributed by atoms with Crippen molar-refractivity contribution in [1.29, 1.82) is 0 Å². The lowest BCUT2D eigenvalue weighted by atomic mass is 10.0. The minimum Gasteiger partial charge on any atom is -0.486 e. The first-order valence-corrected chi connectivity index (χ1v) is 9.03. The fourth-order valence-corrected chi connectivity index (χ4v) is 2.96. The molecule has 1 aromatic carbocycles. The molecule has 2 heterocycles. The lowest BCUT2D eigenvalue weighted by molar-refractivity contribution is 0.0723. The molecule has 28 heavy (non-hydrogen) atoms. The zero-order valence-corrected chi connectivity index (χ0v) is 15.8. The zero-order valence-electron chi connectivity index (χ0n) is 15.8. The molecule has 3 aromatic rings. The van der Waals surface area contributed by atoms with Gasteiger partial charge in [0.2, 0.25) is 0 Å². The van der Waals surface area contributed by atoms with Crippen LogP contribution in [0.3, 0.4) is 0 Å². The highest BCUT2D eigenvalue weighted by Crippen LogP contribution is 2.23. The minimum absolute atomic E-state index is 0.00620. The Labute approximate surface area is 163 Å². The number of hydrogen-bond acceptors (Lipinski definition) is 5. The predicted molar refractivity (Wildman–Crippen MR) is 105 cm³/mol. The van der Waals surface area contributed by atoms with Crippen molar-refractivity contribution in [3.63, 3.8) is 0 Å². The summed E-state index contributed by atoms with van der Waals surface area (Å²) in [5.74, 6) is 0.639. The Morgan fingerprint density at radius 2 is 1.96 bits per heavy atom. The molecular weight excluding hydrogens is 356 g/mol. The summed E-state index contributed by atoms with van der Waals surface area (Å²) < 4.78 is 5.57. The van der Waals surface area contributed by atoms with Crippen LogP contribution in [0.25, 0.3) is 0 Å². The second-order valence-electron chi connectivity index (χ2n) is 6.30. The van der Waals surface area contributed by atoms with Crippen LogP contribution in [0.2, 0.25) is 0 Å². The lowest BCUT2D eigenvalue weighted by Crippen LogP contribution is -2.35. The van der Waals surface area contributed by atoms with Crippen molar-refractivity contribution >= 4 is 5.91 Å². The first-order chi connectivity index (χ1) is 13.6. The number of nitrogens with zero attached hydrogens (tertiary/aromatic N) is 3. The van der Waals surface area contributed by atoms with E-state index in [2.05, 4.69) is 15.0 Å². The van der Waals surface area contributed by atoms with Crippen LogP contribution >= 0.6 is 0 Å². The Hall–Kier alpha value is -3.48. The van der Waals surface area contributed by atoms with Crippen LogP contribution < -0.4 is 10.3 Å². The van der Waals surface area contributed by atoms with Gasteiger partial charge in [0.25, 0.3) is 11.5 Å². The van der Waals surface area contributed by atoms with Crippen molar-refractivity contribution in [2.45, 2.75) is 26.0 Å². The molecule has 0 spiro atoms. The summed E-state index contributed by atoms with van der Waals surface area (Å²) in [7, 11) is 1.68. The molecule has 0 radical (unpaired) electrons. The highest BCUT2D eigenvalue weighted by molar-refractivity contribution is 5.93. The maximum Gasteiger partial charge on any atom is 0.263 e. The van der Waals surface area contributed by atoms with E-state index in [-0.39, 0.29) is 24.1 Å². The van der Waals surface area contributed by atoms with Crippen molar-refractivity contribution < 1.29 is 9.53 Å². The van der Waals surface area contributed by atoms with Gasteiger partial charge in [-0.3, -0.25) is 14.6 Å². The van der Waals surface area contributed by atoms with E-state index in [9.17, 15) is 9.59 Å². The average Bonchev–Trinajstić information content (AvgIpc) is 2.74. The van der Waals surface area contributed by atoms with E-state index in [0.717, 1.165) is 5.56 Å². The molecule has 1 unspecified atom stereocenters. The van der Waals surface area contributed by atoms with Crippen LogP contribution in [-0.2, 0) is 6.61 Å². The van der Waals surface area contributed by atoms with E-state index in [1.807, 2.05) is 49.4 Å². The number of hydrogen-bond donors (Lipinski definition) is 1. The molecule has 144 valence electrons. The number of aromatic nitrogens is 3. The maximum absolute atomic E-state index is 12.8. The minimum atomic E-state index is -0.487. The number of ether oxygens (including phenoxy) is 1. The molecule has 0 aliphatic heterocycles. The quantitative estimate of drug-likeness (QED) is 0.683. The monoisotopic (exact) mass is 378 g/mol. The Morgan fingerprint density at radius 3 is 2.61 bits per heavy atom. The molecule has 1 atom stereocenters. The first-order valence-electron chi connectivity index (χ1n) is 9.03. The summed E-state index contributed by atoms with van der Waals surface area (Å²) in [4.78, 5) is 37.7. The lowest BCUT2D eigenvalue weighted by Gasteiger charge is -2.27. The highest BCUT2D eigenvalue weighted by atomic mass is 16.5. The van der Waals surface area contributed by atoms with Gasteiger partial charge in [-0.15, -0.1) is 0 Å². The molecule has 0 bridgehead atoms. The molecule has 7 heteroatoms. The number of H-pyrrole nitrogens is 1. The molecule has 0 aliphatic rings. The fourth-order valence-electron chi connectivity index (χ4n) is 2.96. The van der Waals surface area contributed by atoms with Gasteiger partial charge < -0.3 is 14.6 Å². The number of para-hydroxylation sites is 1. The van der Waals surface area contributed by atoms with Gasteiger partial charge in [0.15, 0.2) is 0 Å². The molecule has 0 saturated heterocycles. The van der Waals surface area contributed by atoms with E-state index in [1.165, 1.54) is 6.20 Å². The van der Waals surface area contributed by atoms with Gasteiger partial charge in [0.1, 0.15) is 23.7 Å². The highest BCUT2D eigenvalue weighted by Gasteiger charge is 2.24. The van der Waals surface area contributed by atoms with Crippen molar-refractivity contribution in [1.82, 2.24) is 19.9 Å². The third-order valence-electron chi connectivity index (χ3n) is 4.44. The largest absolute Gasteiger partial charge is 0.486 e. The third-order valence-corrected chi connectivity index (χ3v) is 4.44. The molecule has 1 amide bonds. The summed E-state index contributed by atoms with van der Waals surface area (Å²) in [6.45, 7) is 2.09. The Balaban J connectivity index is 1.73. The standard InChI is InChI=1S/C21H22N4O3/c1-3-18(15-8-7-11-22-12-15)25(2)21(27)17-13-23-19(24-20(17)26)14-28-16-9-5-4-6-10-16/h4-13,18H,3,14H2,1-2H3,(H,23,24,26). The molecule has 2 aromatic heterocycles. The molecule has 3 rings (SSSR count). The molecule has 1 N–H and O–H groups in total. The molecule has 7 nitrogen and oxygen atoms in total. The van der Waals surface area contributed by atoms with E-state index in [0.29, 0.717) is 18.0 Å². The van der Waals surface area contributed by atoms with Gasteiger partial charge in [-0.1, -0.05) is 31.2 Å². The summed E-state index contributed by atoms with van der Waals surface area (Å²) in [6, 6.07) is 12.8. The first kappa shape index (κ1) is 19.3. The smallest absolute Gasteiger partial charge is 0.263 e. The van der Waals surface area contributed by atoms with Crippen LogP contribution in [0.5, 0.6) is 5.75 Å². The Bertz CT molecular complexity index is 974. The topological polar surface area (TPSA) is 88.2 Å². The van der Waals surface area contributed by atoms with Crippen LogP contribution in [0, 0.1) is 0 Å². The molecule has 0 saturated carbocycles. The third kappa shape index (κ3) is 4.43.